The first-order valence-electron chi connectivity index (χ1n) is 6.15. The minimum atomic E-state index is -0.479. The van der Waals surface area contributed by atoms with Crippen molar-refractivity contribution in [1.29, 1.82) is 0 Å². The first-order valence-corrected chi connectivity index (χ1v) is 6.15. The van der Waals surface area contributed by atoms with Gasteiger partial charge in [-0.1, -0.05) is 11.6 Å². The Morgan fingerprint density at radius 3 is 2.63 bits per heavy atom. The maximum absolute atomic E-state index is 12.3. The number of aryl methyl sites for hydroxylation is 1. The number of aldehydes is 1. The molecule has 0 bridgehead atoms. The lowest BCUT2D eigenvalue weighted by Crippen LogP contribution is -2.37. The van der Waals surface area contributed by atoms with Crippen LogP contribution in [0.25, 0.3) is 0 Å². The van der Waals surface area contributed by atoms with E-state index in [4.69, 9.17) is 0 Å². The van der Waals surface area contributed by atoms with Gasteiger partial charge in [-0.05, 0) is 25.5 Å². The molecular weight excluding hydrogens is 244 g/mol. The Hall–Kier alpha value is -2.30. The summed E-state index contributed by atoms with van der Waals surface area (Å²) in [6.45, 7) is 3.25. The van der Waals surface area contributed by atoms with Crippen LogP contribution in [0.1, 0.15) is 22.3 Å². The molecule has 0 spiro atoms. The predicted octanol–water partition coefficient (Wildman–Crippen LogP) is 0.877. The van der Waals surface area contributed by atoms with Gasteiger partial charge < -0.3 is 15.7 Å². The van der Waals surface area contributed by atoms with E-state index in [0.29, 0.717) is 25.2 Å². The Balaban J connectivity index is 2.40. The third kappa shape index (κ3) is 2.76. The molecule has 1 fully saturated rings. The molecular formula is C14H16N2O3. The van der Waals surface area contributed by atoms with E-state index in [0.717, 1.165) is 12.0 Å². The number of hydrogen-bond acceptors (Lipinski definition) is 5. The standard InChI is InChI=1S/C14H16N2O3/c1-9-3-4-12(18)10(7-9)13(19)11(8-17)14-15-5-2-6-16-14/h3-4,7-8,15-16,18H,2,5-6H2,1H3. The number of carbonyl (C=O) groups is 2. The fraction of sp³-hybridized carbons (Fsp3) is 0.286. The van der Waals surface area contributed by atoms with Gasteiger partial charge in [-0.3, -0.25) is 9.59 Å². The van der Waals surface area contributed by atoms with Crippen LogP contribution < -0.4 is 10.6 Å². The second-order valence-corrected chi connectivity index (χ2v) is 4.46. The number of ketones is 1. The van der Waals surface area contributed by atoms with Gasteiger partial charge >= 0.3 is 0 Å². The highest BCUT2D eigenvalue weighted by Gasteiger charge is 2.21. The number of hydrogen-bond donors (Lipinski definition) is 3. The van der Waals surface area contributed by atoms with Crippen LogP contribution in [0.5, 0.6) is 5.75 Å². The van der Waals surface area contributed by atoms with Gasteiger partial charge in [0.1, 0.15) is 17.1 Å². The van der Waals surface area contributed by atoms with Crippen LogP contribution in [-0.2, 0) is 4.79 Å². The molecule has 3 N–H and O–H groups in total. The quantitative estimate of drug-likeness (QED) is 0.247. The summed E-state index contributed by atoms with van der Waals surface area (Å²) in [7, 11) is 0. The van der Waals surface area contributed by atoms with Crippen LogP contribution in [-0.4, -0.2) is 30.3 Å². The molecule has 0 saturated carbocycles. The van der Waals surface area contributed by atoms with E-state index in [1.54, 1.807) is 12.1 Å². The maximum Gasteiger partial charge on any atom is 0.203 e. The van der Waals surface area contributed by atoms with Crippen LogP contribution in [0, 0.1) is 6.92 Å². The Kier molecular flexibility index (Phi) is 3.85. The number of benzene rings is 1. The minimum Gasteiger partial charge on any atom is -0.507 e. The number of carbonyl (C=O) groups excluding carboxylic acids is 2. The average molecular weight is 260 g/mol. The van der Waals surface area contributed by atoms with Gasteiger partial charge in [-0.25, -0.2) is 0 Å². The SMILES string of the molecule is Cc1ccc(O)c(C(=O)C(C=O)=C2NCCCN2)c1. The molecule has 1 aromatic carbocycles. The molecule has 0 aliphatic carbocycles. The zero-order valence-electron chi connectivity index (χ0n) is 10.7. The number of aromatic hydroxyl groups is 1. The highest BCUT2D eigenvalue weighted by Crippen LogP contribution is 2.21. The van der Waals surface area contributed by atoms with Crippen molar-refractivity contribution in [3.8, 4) is 5.75 Å². The number of Topliss-reactive ketones (excluding diaryl/α,β-unsaturated/α-hetero) is 1. The number of phenolic OH excluding ortho intramolecular Hbond substituents is 1. The Morgan fingerprint density at radius 2 is 2.00 bits per heavy atom. The third-order valence-electron chi connectivity index (χ3n) is 2.99. The molecule has 1 heterocycles. The van der Waals surface area contributed by atoms with Gasteiger partial charge in [0.25, 0.3) is 0 Å². The van der Waals surface area contributed by atoms with E-state index >= 15 is 0 Å². The van der Waals surface area contributed by atoms with Crippen LogP contribution in [0.15, 0.2) is 29.6 Å². The van der Waals surface area contributed by atoms with Crippen molar-refractivity contribution >= 4 is 12.1 Å². The molecule has 100 valence electrons. The maximum atomic E-state index is 12.3. The summed E-state index contributed by atoms with van der Waals surface area (Å²) >= 11 is 0. The highest BCUT2D eigenvalue weighted by atomic mass is 16.3. The highest BCUT2D eigenvalue weighted by molar-refractivity contribution is 6.21. The molecule has 2 rings (SSSR count). The van der Waals surface area contributed by atoms with E-state index in [1.165, 1.54) is 6.07 Å². The zero-order valence-corrected chi connectivity index (χ0v) is 10.7. The van der Waals surface area contributed by atoms with Gasteiger partial charge in [0.05, 0.1) is 5.56 Å². The van der Waals surface area contributed by atoms with Crippen LogP contribution in [0.3, 0.4) is 0 Å². The molecule has 5 heteroatoms. The lowest BCUT2D eigenvalue weighted by atomic mass is 10.0. The van der Waals surface area contributed by atoms with Crippen molar-refractivity contribution in [2.75, 3.05) is 13.1 Å². The minimum absolute atomic E-state index is 0.0144. The van der Waals surface area contributed by atoms with Crippen LogP contribution in [0.2, 0.25) is 0 Å². The number of nitrogens with one attached hydrogen (secondary N) is 2. The molecule has 1 aliphatic rings. The third-order valence-corrected chi connectivity index (χ3v) is 2.99. The van der Waals surface area contributed by atoms with Gasteiger partial charge in [-0.15, -0.1) is 0 Å². The molecule has 0 aromatic heterocycles. The van der Waals surface area contributed by atoms with Crippen molar-refractivity contribution in [1.82, 2.24) is 10.6 Å². The topological polar surface area (TPSA) is 78.4 Å². The summed E-state index contributed by atoms with van der Waals surface area (Å²) in [5.41, 5.74) is 1.00. The Bertz CT molecular complexity index is 542. The monoisotopic (exact) mass is 260 g/mol. The second-order valence-electron chi connectivity index (χ2n) is 4.46. The molecule has 0 amide bonds. The normalized spacial score (nSPS) is 14.3. The van der Waals surface area contributed by atoms with Crippen molar-refractivity contribution in [3.05, 3.63) is 40.7 Å². The first-order chi connectivity index (χ1) is 9.13. The molecule has 1 aromatic rings. The smallest absolute Gasteiger partial charge is 0.203 e. The molecule has 0 atom stereocenters. The van der Waals surface area contributed by atoms with Crippen molar-refractivity contribution in [2.24, 2.45) is 0 Å². The summed E-state index contributed by atoms with van der Waals surface area (Å²) in [5.74, 6) is -0.161. The fourth-order valence-corrected chi connectivity index (χ4v) is 1.97. The Morgan fingerprint density at radius 1 is 1.32 bits per heavy atom. The average Bonchev–Trinajstić information content (AvgIpc) is 2.43. The van der Waals surface area contributed by atoms with E-state index in [9.17, 15) is 14.7 Å². The summed E-state index contributed by atoms with van der Waals surface area (Å²) < 4.78 is 0. The van der Waals surface area contributed by atoms with Crippen molar-refractivity contribution < 1.29 is 14.7 Å². The van der Waals surface area contributed by atoms with Gasteiger partial charge in [0.15, 0.2) is 6.29 Å². The molecule has 0 radical (unpaired) electrons. The number of allylic oxidation sites excluding steroid dienone is 1. The van der Waals surface area contributed by atoms with Crippen LogP contribution >= 0.6 is 0 Å². The lowest BCUT2D eigenvalue weighted by Gasteiger charge is -2.20. The predicted molar refractivity (Wildman–Crippen MR) is 70.9 cm³/mol. The summed E-state index contributed by atoms with van der Waals surface area (Å²) in [6, 6.07) is 4.74. The number of phenols is 1. The second kappa shape index (κ2) is 5.56. The molecule has 5 nitrogen and oxygen atoms in total. The van der Waals surface area contributed by atoms with E-state index in [1.807, 2.05) is 6.92 Å². The lowest BCUT2D eigenvalue weighted by molar-refractivity contribution is -0.104. The van der Waals surface area contributed by atoms with E-state index in [2.05, 4.69) is 10.6 Å². The number of rotatable bonds is 3. The summed E-state index contributed by atoms with van der Waals surface area (Å²) in [4.78, 5) is 23.5. The van der Waals surface area contributed by atoms with E-state index in [-0.39, 0.29) is 16.9 Å². The van der Waals surface area contributed by atoms with Crippen molar-refractivity contribution in [2.45, 2.75) is 13.3 Å². The van der Waals surface area contributed by atoms with E-state index < -0.39 is 5.78 Å². The molecule has 0 unspecified atom stereocenters. The molecule has 19 heavy (non-hydrogen) atoms. The first kappa shape index (κ1) is 13.1. The fourth-order valence-electron chi connectivity index (χ4n) is 1.97. The summed E-state index contributed by atoms with van der Waals surface area (Å²) in [6.07, 6.45) is 1.45. The van der Waals surface area contributed by atoms with Gasteiger partial charge in [-0.2, -0.15) is 0 Å². The zero-order chi connectivity index (χ0) is 13.8. The summed E-state index contributed by atoms with van der Waals surface area (Å²) in [5, 5.41) is 15.7. The van der Waals surface area contributed by atoms with Gasteiger partial charge in [0, 0.05) is 13.1 Å². The van der Waals surface area contributed by atoms with Crippen molar-refractivity contribution in [3.63, 3.8) is 0 Å². The molecule has 1 saturated heterocycles. The molecule has 1 aliphatic heterocycles. The van der Waals surface area contributed by atoms with Gasteiger partial charge in [0.2, 0.25) is 5.78 Å². The largest absolute Gasteiger partial charge is 0.507 e. The Labute approximate surface area is 111 Å². The van der Waals surface area contributed by atoms with Crippen LogP contribution in [0.4, 0.5) is 0 Å².